The van der Waals surface area contributed by atoms with Crippen LogP contribution in [0, 0.1) is 0 Å². The van der Waals surface area contributed by atoms with Crippen molar-refractivity contribution in [3.8, 4) is 34.1 Å². The van der Waals surface area contributed by atoms with E-state index >= 15 is 0 Å². The Morgan fingerprint density at radius 3 is 1.45 bits per heavy atom. The van der Waals surface area contributed by atoms with Crippen molar-refractivity contribution in [1.82, 2.24) is 0 Å². The summed E-state index contributed by atoms with van der Waals surface area (Å²) >= 11 is 0. The molecular weight excluding hydrogens is 813 g/mol. The van der Waals surface area contributed by atoms with Crippen LogP contribution in [0.5, 0.6) is 23.0 Å². The molecule has 2 nitrogen and oxygen atoms in total. The summed E-state index contributed by atoms with van der Waals surface area (Å²) in [6.45, 7) is 2.38. The molecule has 0 bridgehead atoms. The maximum Gasteiger partial charge on any atom is 0.140 e. The van der Waals surface area contributed by atoms with Crippen molar-refractivity contribution in [2.45, 2.75) is 17.8 Å². The van der Waals surface area contributed by atoms with Gasteiger partial charge in [0.2, 0.25) is 0 Å². The van der Waals surface area contributed by atoms with E-state index in [1.807, 2.05) is 0 Å². The third-order valence-electron chi connectivity index (χ3n) is 15.6. The molecule has 2 heterocycles. The first kappa shape index (κ1) is 36.8. The first-order chi connectivity index (χ1) is 33.1. The zero-order valence-electron chi connectivity index (χ0n) is 36.7. The van der Waals surface area contributed by atoms with E-state index < -0.39 is 10.8 Å². The lowest BCUT2D eigenvalue weighted by molar-refractivity contribution is 0.434. The molecule has 2 unspecified atom stereocenters. The smallest absolute Gasteiger partial charge is 0.140 e. The molecular formula is C65H40O2. The molecule has 15 rings (SSSR count). The van der Waals surface area contributed by atoms with E-state index in [1.165, 1.54) is 76.1 Å². The van der Waals surface area contributed by atoms with Crippen LogP contribution in [-0.2, 0) is 10.8 Å². The summed E-state index contributed by atoms with van der Waals surface area (Å²) in [6, 6.07) is 82.7. The van der Waals surface area contributed by atoms with E-state index in [0.717, 1.165) is 61.6 Å². The van der Waals surface area contributed by atoms with E-state index in [2.05, 4.69) is 231 Å². The first-order valence-corrected chi connectivity index (χ1v) is 23.3. The van der Waals surface area contributed by atoms with Crippen LogP contribution >= 0.6 is 0 Å². The van der Waals surface area contributed by atoms with Gasteiger partial charge in [-0.3, -0.25) is 0 Å². The Hall–Kier alpha value is -8.46. The molecule has 0 aliphatic carbocycles. The van der Waals surface area contributed by atoms with Gasteiger partial charge in [-0.25, -0.2) is 0 Å². The van der Waals surface area contributed by atoms with Crippen molar-refractivity contribution in [2.75, 3.05) is 0 Å². The van der Waals surface area contributed by atoms with Crippen molar-refractivity contribution >= 4 is 64.6 Å². The van der Waals surface area contributed by atoms with Gasteiger partial charge in [-0.2, -0.15) is 0 Å². The van der Waals surface area contributed by atoms with Gasteiger partial charge in [-0.15, -0.1) is 0 Å². The topological polar surface area (TPSA) is 18.5 Å². The number of ether oxygens (including phenoxy) is 2. The molecule has 2 aliphatic heterocycles. The van der Waals surface area contributed by atoms with Gasteiger partial charge in [-0.1, -0.05) is 194 Å². The Labute approximate surface area is 387 Å². The highest BCUT2D eigenvalue weighted by molar-refractivity contribution is 6.26. The highest BCUT2D eigenvalue weighted by Gasteiger charge is 2.47. The second-order valence-electron chi connectivity index (χ2n) is 18.8. The summed E-state index contributed by atoms with van der Waals surface area (Å²) in [4.78, 5) is 0. The number of hydrogen-bond acceptors (Lipinski definition) is 2. The van der Waals surface area contributed by atoms with Crippen LogP contribution < -0.4 is 9.47 Å². The SMILES string of the molecule is CC1(c2ccccc2)c2cccc(-c3ccc(C4(c5ccccc5)c5ccccc5Oc5c4cc4ccc6cccc7ccc5c4c67)cc3)c2Oc2c1cc1ccc3cccc4ccc2c1c34. The lowest BCUT2D eigenvalue weighted by Crippen LogP contribution is -2.34. The molecule has 67 heavy (non-hydrogen) atoms. The van der Waals surface area contributed by atoms with Crippen LogP contribution in [0.25, 0.3) is 75.8 Å². The number of hydrogen-bond donors (Lipinski definition) is 0. The molecule has 0 spiro atoms. The molecule has 0 fully saturated rings. The summed E-state index contributed by atoms with van der Waals surface area (Å²) in [5.41, 5.74) is 9.14. The van der Waals surface area contributed by atoms with Crippen molar-refractivity contribution in [2.24, 2.45) is 0 Å². The Bertz CT molecular complexity index is 4120. The molecule has 0 radical (unpaired) electrons. The average Bonchev–Trinajstić information content (AvgIpc) is 3.39. The summed E-state index contributed by atoms with van der Waals surface area (Å²) in [5, 5.41) is 14.7. The summed E-state index contributed by atoms with van der Waals surface area (Å²) in [6.07, 6.45) is 0. The number of para-hydroxylation sites is 2. The highest BCUT2D eigenvalue weighted by Crippen LogP contribution is 2.60. The lowest BCUT2D eigenvalue weighted by Gasteiger charge is -2.42. The third kappa shape index (κ3) is 4.79. The molecule has 0 N–H and O–H groups in total. The van der Waals surface area contributed by atoms with Gasteiger partial charge < -0.3 is 9.47 Å². The van der Waals surface area contributed by atoms with Crippen molar-refractivity contribution in [3.63, 3.8) is 0 Å². The second-order valence-corrected chi connectivity index (χ2v) is 18.8. The number of rotatable bonds is 4. The Kier molecular flexibility index (Phi) is 7.32. The minimum absolute atomic E-state index is 0.499. The van der Waals surface area contributed by atoms with Crippen LogP contribution in [0.3, 0.4) is 0 Å². The fourth-order valence-corrected chi connectivity index (χ4v) is 12.5. The molecule has 2 heteroatoms. The van der Waals surface area contributed by atoms with E-state index in [0.29, 0.717) is 0 Å². The third-order valence-corrected chi connectivity index (χ3v) is 15.6. The zero-order chi connectivity index (χ0) is 44.0. The maximum atomic E-state index is 7.44. The predicted octanol–water partition coefficient (Wildman–Crippen LogP) is 17.1. The number of fused-ring (bicyclic) bond motifs is 6. The van der Waals surface area contributed by atoms with Crippen LogP contribution in [0.2, 0.25) is 0 Å². The monoisotopic (exact) mass is 852 g/mol. The minimum atomic E-state index is -0.691. The molecule has 2 atom stereocenters. The maximum absolute atomic E-state index is 7.44. The zero-order valence-corrected chi connectivity index (χ0v) is 36.7. The number of benzene rings is 13. The van der Waals surface area contributed by atoms with Gasteiger partial charge in [0.15, 0.2) is 0 Å². The summed E-state index contributed by atoms with van der Waals surface area (Å²) in [7, 11) is 0. The average molecular weight is 853 g/mol. The van der Waals surface area contributed by atoms with E-state index in [-0.39, 0.29) is 0 Å². The molecule has 0 aromatic heterocycles. The molecule has 312 valence electrons. The van der Waals surface area contributed by atoms with Gasteiger partial charge in [0, 0.05) is 54.8 Å². The normalized spacial score (nSPS) is 17.4. The predicted molar refractivity (Wildman–Crippen MR) is 276 cm³/mol. The van der Waals surface area contributed by atoms with E-state index in [9.17, 15) is 0 Å². The van der Waals surface area contributed by atoms with E-state index in [1.54, 1.807) is 0 Å². The summed E-state index contributed by atoms with van der Waals surface area (Å²) < 4.78 is 14.6. The van der Waals surface area contributed by atoms with Gasteiger partial charge in [0.25, 0.3) is 0 Å². The van der Waals surface area contributed by atoms with E-state index in [4.69, 9.17) is 9.47 Å². The van der Waals surface area contributed by atoms with Crippen LogP contribution in [0.4, 0.5) is 0 Å². The molecule has 13 aromatic carbocycles. The lowest BCUT2D eigenvalue weighted by atomic mass is 9.63. The minimum Gasteiger partial charge on any atom is -0.456 e. The van der Waals surface area contributed by atoms with Gasteiger partial charge in [0.1, 0.15) is 23.0 Å². The molecule has 0 amide bonds. The van der Waals surface area contributed by atoms with Crippen molar-refractivity contribution in [3.05, 3.63) is 263 Å². The van der Waals surface area contributed by atoms with Crippen molar-refractivity contribution in [1.29, 1.82) is 0 Å². The fourth-order valence-electron chi connectivity index (χ4n) is 12.5. The highest BCUT2D eigenvalue weighted by atomic mass is 16.5. The second kappa shape index (κ2) is 13.3. The Balaban J connectivity index is 0.965. The van der Waals surface area contributed by atoms with Crippen LogP contribution in [0.1, 0.15) is 45.9 Å². The van der Waals surface area contributed by atoms with Crippen molar-refractivity contribution < 1.29 is 9.47 Å². The quantitative estimate of drug-likeness (QED) is 0.164. The van der Waals surface area contributed by atoms with Crippen LogP contribution in [-0.4, -0.2) is 0 Å². The first-order valence-electron chi connectivity index (χ1n) is 23.3. The Morgan fingerprint density at radius 2 is 0.806 bits per heavy atom. The molecule has 0 saturated carbocycles. The van der Waals surface area contributed by atoms with Gasteiger partial charge in [-0.05, 0) is 103 Å². The standard InChI is InChI=1S/C65H40O2/c1-64(46-17-4-2-5-18-46)53-23-12-21-49(61(53)67-62-50-35-31-42-15-10-13-40-25-27-44(37-54(62)64)59(50)57(40)42)39-29-33-48(34-30-39)65(47-19-6-3-7-20-47)52-22-8-9-24-56(52)66-63-51-36-32-43-16-11-14-41-26-28-45(38-55(63)65)60(51)58(41)43/h2-38H,1H3. The van der Waals surface area contributed by atoms with Gasteiger partial charge >= 0.3 is 0 Å². The van der Waals surface area contributed by atoms with Gasteiger partial charge in [0.05, 0.1) is 5.41 Å². The summed E-state index contributed by atoms with van der Waals surface area (Å²) in [5.74, 6) is 3.60. The largest absolute Gasteiger partial charge is 0.456 e. The molecule has 0 saturated heterocycles. The molecule has 13 aromatic rings. The fraction of sp³-hybridized carbons (Fsp3) is 0.0462. The van der Waals surface area contributed by atoms with Crippen LogP contribution in [0.15, 0.2) is 224 Å². The Morgan fingerprint density at radius 1 is 0.313 bits per heavy atom. The molecule has 2 aliphatic rings.